The van der Waals surface area contributed by atoms with E-state index >= 15 is 0 Å². The predicted molar refractivity (Wildman–Crippen MR) is 84.8 cm³/mol. The Balaban J connectivity index is 1.71. The highest BCUT2D eigenvalue weighted by atomic mass is 19.1. The molecule has 8 heteroatoms. The fourth-order valence-electron chi connectivity index (χ4n) is 1.87. The summed E-state index contributed by atoms with van der Waals surface area (Å²) in [6.07, 6.45) is 0.300. The normalized spacial score (nSPS) is 11.4. The molecule has 2 aromatic rings. The first-order valence-electron chi connectivity index (χ1n) is 7.49. The summed E-state index contributed by atoms with van der Waals surface area (Å²) < 4.78 is 22.6. The number of carbonyl (C=O) groups is 3. The molecule has 0 aliphatic carbocycles. The molecule has 0 aliphatic rings. The number of carbonyl (C=O) groups excluding carboxylic acids is 3. The zero-order valence-electron chi connectivity index (χ0n) is 13.5. The van der Waals surface area contributed by atoms with Gasteiger partial charge in [-0.05, 0) is 36.8 Å². The van der Waals surface area contributed by atoms with E-state index in [1.807, 2.05) is 0 Å². The molecule has 0 radical (unpaired) electrons. The third-order valence-corrected chi connectivity index (χ3v) is 3.20. The van der Waals surface area contributed by atoms with Crippen LogP contribution in [0.1, 0.15) is 23.0 Å². The van der Waals surface area contributed by atoms with Gasteiger partial charge in [-0.1, -0.05) is 12.1 Å². The molecule has 1 aromatic carbocycles. The molecule has 1 aromatic heterocycles. The zero-order chi connectivity index (χ0) is 18.2. The van der Waals surface area contributed by atoms with Crippen molar-refractivity contribution in [2.75, 3.05) is 6.54 Å². The van der Waals surface area contributed by atoms with Crippen LogP contribution in [0.5, 0.6) is 0 Å². The Morgan fingerprint density at radius 2 is 1.88 bits per heavy atom. The van der Waals surface area contributed by atoms with E-state index < -0.39 is 30.4 Å². The third kappa shape index (κ3) is 5.76. The first-order valence-corrected chi connectivity index (χ1v) is 7.49. The average molecular weight is 348 g/mol. The Hall–Kier alpha value is -3.16. The largest absolute Gasteiger partial charge is 0.459 e. The number of hydrogen-bond donors (Lipinski definition) is 2. The van der Waals surface area contributed by atoms with Crippen molar-refractivity contribution in [2.45, 2.75) is 19.6 Å². The van der Waals surface area contributed by atoms with E-state index in [0.29, 0.717) is 5.56 Å². The molecule has 0 saturated carbocycles. The van der Waals surface area contributed by atoms with Gasteiger partial charge in [0.15, 0.2) is 11.9 Å². The van der Waals surface area contributed by atoms with E-state index in [9.17, 15) is 18.8 Å². The fraction of sp³-hybridized carbons (Fsp3) is 0.235. The van der Waals surface area contributed by atoms with E-state index in [2.05, 4.69) is 10.6 Å². The standard InChI is InChI=1S/C17H17FN2O5/c1-11(16(22)19-9-12-4-6-13(18)7-5-12)25-15(21)10-20-17(23)14-3-2-8-24-14/h2-8,11H,9-10H2,1H3,(H,19,22)(H,20,23). The van der Waals surface area contributed by atoms with Gasteiger partial charge in [-0.25, -0.2) is 4.39 Å². The maximum absolute atomic E-state index is 12.8. The zero-order valence-corrected chi connectivity index (χ0v) is 13.5. The Bertz CT molecular complexity index is 728. The van der Waals surface area contributed by atoms with Crippen molar-refractivity contribution < 1.29 is 27.9 Å². The molecule has 0 aliphatic heterocycles. The van der Waals surface area contributed by atoms with E-state index in [-0.39, 0.29) is 18.1 Å². The van der Waals surface area contributed by atoms with Crippen molar-refractivity contribution in [3.05, 3.63) is 59.8 Å². The highest BCUT2D eigenvalue weighted by Crippen LogP contribution is 2.03. The van der Waals surface area contributed by atoms with E-state index in [1.54, 1.807) is 6.07 Å². The van der Waals surface area contributed by atoms with Gasteiger partial charge in [-0.15, -0.1) is 0 Å². The molecule has 25 heavy (non-hydrogen) atoms. The number of furan rings is 1. The molecular formula is C17H17FN2O5. The van der Waals surface area contributed by atoms with Crippen LogP contribution >= 0.6 is 0 Å². The molecule has 1 unspecified atom stereocenters. The van der Waals surface area contributed by atoms with Gasteiger partial charge in [0.25, 0.3) is 11.8 Å². The predicted octanol–water partition coefficient (Wildman–Crippen LogP) is 1.40. The van der Waals surface area contributed by atoms with Crippen LogP contribution in [0.2, 0.25) is 0 Å². The minimum Gasteiger partial charge on any atom is -0.459 e. The Labute approximate surface area is 143 Å². The van der Waals surface area contributed by atoms with Crippen LogP contribution in [-0.2, 0) is 20.9 Å². The number of benzene rings is 1. The molecule has 0 fully saturated rings. The van der Waals surface area contributed by atoms with Crippen molar-refractivity contribution in [1.82, 2.24) is 10.6 Å². The average Bonchev–Trinajstić information content (AvgIpc) is 3.13. The minimum absolute atomic E-state index is 0.0675. The van der Waals surface area contributed by atoms with Gasteiger partial charge in [0.1, 0.15) is 12.4 Å². The second-order valence-electron chi connectivity index (χ2n) is 5.14. The quantitative estimate of drug-likeness (QED) is 0.737. The molecule has 132 valence electrons. The van der Waals surface area contributed by atoms with Gasteiger partial charge in [-0.2, -0.15) is 0 Å². The number of esters is 1. The number of hydrogen-bond acceptors (Lipinski definition) is 5. The van der Waals surface area contributed by atoms with Crippen LogP contribution < -0.4 is 10.6 Å². The van der Waals surface area contributed by atoms with Crippen molar-refractivity contribution in [3.8, 4) is 0 Å². The fourth-order valence-corrected chi connectivity index (χ4v) is 1.87. The number of amides is 2. The smallest absolute Gasteiger partial charge is 0.326 e. The van der Waals surface area contributed by atoms with Gasteiger partial charge in [0.2, 0.25) is 0 Å². The third-order valence-electron chi connectivity index (χ3n) is 3.20. The summed E-state index contributed by atoms with van der Waals surface area (Å²) in [7, 11) is 0. The van der Waals surface area contributed by atoms with E-state index in [1.165, 1.54) is 43.5 Å². The molecule has 0 bridgehead atoms. The van der Waals surface area contributed by atoms with Gasteiger partial charge in [0.05, 0.1) is 6.26 Å². The molecule has 0 spiro atoms. The van der Waals surface area contributed by atoms with Gasteiger partial charge >= 0.3 is 5.97 Å². The van der Waals surface area contributed by atoms with Gasteiger partial charge < -0.3 is 19.8 Å². The summed E-state index contributed by atoms with van der Waals surface area (Å²) in [5.41, 5.74) is 0.707. The van der Waals surface area contributed by atoms with Crippen molar-refractivity contribution in [1.29, 1.82) is 0 Å². The lowest BCUT2D eigenvalue weighted by Crippen LogP contribution is -2.38. The first kappa shape index (κ1) is 18.2. The molecule has 2 amide bonds. The Kier molecular flexibility index (Phi) is 6.27. The van der Waals surface area contributed by atoms with Crippen molar-refractivity contribution in [2.24, 2.45) is 0 Å². The highest BCUT2D eigenvalue weighted by molar-refractivity contribution is 5.93. The summed E-state index contributed by atoms with van der Waals surface area (Å²) in [5.74, 6) is -2.12. The molecular weight excluding hydrogens is 331 g/mol. The maximum Gasteiger partial charge on any atom is 0.326 e. The second kappa shape index (κ2) is 8.62. The molecule has 2 rings (SSSR count). The lowest BCUT2D eigenvalue weighted by molar-refractivity contribution is -0.153. The SMILES string of the molecule is CC(OC(=O)CNC(=O)c1ccco1)C(=O)NCc1ccc(F)cc1. The summed E-state index contributed by atoms with van der Waals surface area (Å²) in [6, 6.07) is 8.64. The number of ether oxygens (including phenoxy) is 1. The summed E-state index contributed by atoms with van der Waals surface area (Å²) in [5, 5.41) is 4.89. The van der Waals surface area contributed by atoms with Gasteiger partial charge in [0, 0.05) is 6.54 Å². The van der Waals surface area contributed by atoms with Crippen LogP contribution in [0.4, 0.5) is 4.39 Å². The lowest BCUT2D eigenvalue weighted by atomic mass is 10.2. The van der Waals surface area contributed by atoms with Crippen LogP contribution in [0.25, 0.3) is 0 Å². The second-order valence-corrected chi connectivity index (χ2v) is 5.14. The Morgan fingerprint density at radius 3 is 2.52 bits per heavy atom. The number of nitrogens with one attached hydrogen (secondary N) is 2. The number of rotatable bonds is 7. The maximum atomic E-state index is 12.8. The van der Waals surface area contributed by atoms with Crippen LogP contribution in [-0.4, -0.2) is 30.4 Å². The van der Waals surface area contributed by atoms with Crippen LogP contribution in [0.15, 0.2) is 47.1 Å². The minimum atomic E-state index is -1.03. The van der Waals surface area contributed by atoms with Crippen LogP contribution in [0.3, 0.4) is 0 Å². The summed E-state index contributed by atoms with van der Waals surface area (Å²) >= 11 is 0. The lowest BCUT2D eigenvalue weighted by Gasteiger charge is -2.13. The summed E-state index contributed by atoms with van der Waals surface area (Å²) in [4.78, 5) is 35.1. The van der Waals surface area contributed by atoms with Crippen molar-refractivity contribution >= 4 is 17.8 Å². The molecule has 1 heterocycles. The summed E-state index contributed by atoms with van der Waals surface area (Å²) in [6.45, 7) is 1.19. The molecule has 2 N–H and O–H groups in total. The first-order chi connectivity index (χ1) is 12.0. The van der Waals surface area contributed by atoms with Gasteiger partial charge in [-0.3, -0.25) is 14.4 Å². The number of halogens is 1. The Morgan fingerprint density at radius 1 is 1.16 bits per heavy atom. The van der Waals surface area contributed by atoms with Crippen LogP contribution in [0, 0.1) is 5.82 Å². The highest BCUT2D eigenvalue weighted by Gasteiger charge is 2.18. The molecule has 1 atom stereocenters. The van der Waals surface area contributed by atoms with E-state index in [0.717, 1.165) is 0 Å². The van der Waals surface area contributed by atoms with E-state index in [4.69, 9.17) is 9.15 Å². The molecule has 0 saturated heterocycles. The molecule has 7 nitrogen and oxygen atoms in total. The van der Waals surface area contributed by atoms with Crippen molar-refractivity contribution in [3.63, 3.8) is 0 Å². The topological polar surface area (TPSA) is 97.6 Å². The monoisotopic (exact) mass is 348 g/mol.